The molecule has 2 aliphatic heterocycles. The first kappa shape index (κ1) is 17.1. The summed E-state index contributed by atoms with van der Waals surface area (Å²) in [5.41, 5.74) is 3.31. The van der Waals surface area contributed by atoms with Gasteiger partial charge < -0.3 is 0 Å². The lowest BCUT2D eigenvalue weighted by atomic mass is 9.95. The van der Waals surface area contributed by atoms with E-state index in [4.69, 9.17) is 0 Å². The molecule has 27 heavy (non-hydrogen) atoms. The molecule has 6 nitrogen and oxygen atoms in total. The lowest BCUT2D eigenvalue weighted by Gasteiger charge is -2.23. The predicted molar refractivity (Wildman–Crippen MR) is 103 cm³/mol. The summed E-state index contributed by atoms with van der Waals surface area (Å²) in [6.45, 7) is 5.22. The van der Waals surface area contributed by atoms with Gasteiger partial charge in [0.25, 0.3) is 5.91 Å². The molecule has 0 spiro atoms. The molecule has 0 radical (unpaired) electrons. The molecule has 6 heteroatoms. The molecule has 2 aromatic rings. The minimum absolute atomic E-state index is 0.135. The predicted octanol–water partition coefficient (Wildman–Crippen LogP) is 2.63. The van der Waals surface area contributed by atoms with E-state index in [1.54, 1.807) is 12.1 Å². The fourth-order valence-corrected chi connectivity index (χ4v) is 3.67. The summed E-state index contributed by atoms with van der Waals surface area (Å²) in [7, 11) is 0. The number of rotatable bonds is 3. The van der Waals surface area contributed by atoms with E-state index in [-0.39, 0.29) is 17.4 Å². The van der Waals surface area contributed by atoms with E-state index in [9.17, 15) is 14.4 Å². The van der Waals surface area contributed by atoms with Crippen molar-refractivity contribution in [3.63, 3.8) is 0 Å². The smallest absolute Gasteiger partial charge is 0.259 e. The minimum atomic E-state index is -0.879. The van der Waals surface area contributed by atoms with Gasteiger partial charge >= 0.3 is 0 Å². The van der Waals surface area contributed by atoms with E-state index in [2.05, 4.69) is 5.10 Å². The Labute approximate surface area is 157 Å². The highest BCUT2D eigenvalue weighted by molar-refractivity contribution is 6.48. The Morgan fingerprint density at radius 2 is 1.63 bits per heavy atom. The van der Waals surface area contributed by atoms with E-state index >= 15 is 0 Å². The van der Waals surface area contributed by atoms with Crippen LogP contribution in [0.5, 0.6) is 0 Å². The number of para-hydroxylation sites is 1. The van der Waals surface area contributed by atoms with Gasteiger partial charge in [-0.1, -0.05) is 35.9 Å². The maximum Gasteiger partial charge on any atom is 0.259 e. The van der Waals surface area contributed by atoms with Gasteiger partial charge in [-0.2, -0.15) is 5.10 Å². The van der Waals surface area contributed by atoms with Crippen LogP contribution in [0.25, 0.3) is 0 Å². The molecule has 0 aliphatic carbocycles. The summed E-state index contributed by atoms with van der Waals surface area (Å²) in [6.07, 6.45) is 0. The number of hydrogen-bond acceptors (Lipinski definition) is 5. The molecule has 1 saturated heterocycles. The molecule has 4 rings (SSSR count). The molecule has 0 N–H and O–H groups in total. The SMILES string of the molecule is CC(=O)C1=NN(c2ccccc2C)[C@H]2C(=O)N(c3ccc(C)cc3)C(=O)[C@@H]12. The van der Waals surface area contributed by atoms with Crippen molar-refractivity contribution in [2.75, 3.05) is 9.91 Å². The van der Waals surface area contributed by atoms with Crippen LogP contribution in [0.1, 0.15) is 18.1 Å². The number of ketones is 1. The van der Waals surface area contributed by atoms with E-state index in [0.717, 1.165) is 16.8 Å². The van der Waals surface area contributed by atoms with Crippen LogP contribution in [-0.4, -0.2) is 29.4 Å². The van der Waals surface area contributed by atoms with Gasteiger partial charge in [0, 0.05) is 6.92 Å². The van der Waals surface area contributed by atoms with Gasteiger partial charge in [0.05, 0.1) is 11.4 Å². The molecule has 0 aromatic heterocycles. The first-order valence-electron chi connectivity index (χ1n) is 8.79. The van der Waals surface area contributed by atoms with Crippen molar-refractivity contribution in [3.05, 3.63) is 59.7 Å². The van der Waals surface area contributed by atoms with E-state index in [0.29, 0.717) is 5.69 Å². The topological polar surface area (TPSA) is 70.1 Å². The van der Waals surface area contributed by atoms with Gasteiger partial charge in [-0.15, -0.1) is 0 Å². The Hall–Kier alpha value is -3.28. The Bertz CT molecular complexity index is 994. The third-order valence-corrected chi connectivity index (χ3v) is 5.06. The molecule has 2 heterocycles. The van der Waals surface area contributed by atoms with Crippen molar-refractivity contribution in [1.29, 1.82) is 0 Å². The second-order valence-electron chi connectivity index (χ2n) is 6.94. The quantitative estimate of drug-likeness (QED) is 0.788. The molecule has 1 fully saturated rings. The van der Waals surface area contributed by atoms with Gasteiger partial charge in [0.15, 0.2) is 5.78 Å². The van der Waals surface area contributed by atoms with Gasteiger partial charge in [-0.05, 0) is 37.6 Å². The van der Waals surface area contributed by atoms with Gasteiger partial charge in [0.1, 0.15) is 17.7 Å². The Kier molecular flexibility index (Phi) is 3.91. The lowest BCUT2D eigenvalue weighted by molar-refractivity contribution is -0.122. The highest BCUT2D eigenvalue weighted by Crippen LogP contribution is 2.38. The minimum Gasteiger partial charge on any atom is -0.293 e. The summed E-state index contributed by atoms with van der Waals surface area (Å²) in [5.74, 6) is -1.94. The van der Waals surface area contributed by atoms with Crippen molar-refractivity contribution in [1.82, 2.24) is 0 Å². The molecule has 2 aliphatic rings. The van der Waals surface area contributed by atoms with Gasteiger partial charge in [-0.25, -0.2) is 4.90 Å². The van der Waals surface area contributed by atoms with Crippen molar-refractivity contribution < 1.29 is 14.4 Å². The van der Waals surface area contributed by atoms with Crippen molar-refractivity contribution in [2.45, 2.75) is 26.8 Å². The average molecular weight is 361 g/mol. The van der Waals surface area contributed by atoms with Crippen LogP contribution in [-0.2, 0) is 14.4 Å². The van der Waals surface area contributed by atoms with Crippen LogP contribution < -0.4 is 9.91 Å². The number of amides is 2. The lowest BCUT2D eigenvalue weighted by Crippen LogP contribution is -2.39. The van der Waals surface area contributed by atoms with E-state index in [1.807, 2.05) is 50.2 Å². The fraction of sp³-hybridized carbons (Fsp3) is 0.238. The average Bonchev–Trinajstić information content (AvgIpc) is 3.14. The number of benzene rings is 2. The Morgan fingerprint density at radius 3 is 2.26 bits per heavy atom. The molecule has 0 unspecified atom stereocenters. The summed E-state index contributed by atoms with van der Waals surface area (Å²) < 4.78 is 0. The number of carbonyl (C=O) groups is 3. The number of Topliss-reactive ketones (excluding diaryl/α,β-unsaturated/α-hetero) is 1. The van der Waals surface area contributed by atoms with Crippen molar-refractivity contribution >= 4 is 34.7 Å². The molecule has 2 aromatic carbocycles. The summed E-state index contributed by atoms with van der Waals surface area (Å²) in [5, 5.41) is 5.91. The number of hydrogen-bond donors (Lipinski definition) is 0. The maximum atomic E-state index is 13.2. The number of carbonyl (C=O) groups excluding carboxylic acids is 3. The molecule has 2 atom stereocenters. The van der Waals surface area contributed by atoms with Crippen molar-refractivity contribution in [3.8, 4) is 0 Å². The number of nitrogens with zero attached hydrogens (tertiary/aromatic N) is 3. The number of imide groups is 1. The van der Waals surface area contributed by atoms with E-state index < -0.39 is 17.9 Å². The molecule has 136 valence electrons. The second-order valence-corrected chi connectivity index (χ2v) is 6.94. The third kappa shape index (κ3) is 2.56. The Morgan fingerprint density at radius 1 is 0.963 bits per heavy atom. The number of aryl methyl sites for hydroxylation is 2. The zero-order valence-corrected chi connectivity index (χ0v) is 15.3. The van der Waals surface area contributed by atoms with Crippen LogP contribution >= 0.6 is 0 Å². The number of hydrazone groups is 1. The largest absolute Gasteiger partial charge is 0.293 e. The van der Waals surface area contributed by atoms with Gasteiger partial charge in [0.2, 0.25) is 5.91 Å². The van der Waals surface area contributed by atoms with Crippen LogP contribution in [0.3, 0.4) is 0 Å². The zero-order valence-electron chi connectivity index (χ0n) is 15.3. The first-order chi connectivity index (χ1) is 12.9. The Balaban J connectivity index is 1.82. The molecule has 2 amide bonds. The third-order valence-electron chi connectivity index (χ3n) is 5.06. The van der Waals surface area contributed by atoms with Gasteiger partial charge in [-0.3, -0.25) is 19.4 Å². The second kappa shape index (κ2) is 6.16. The fourth-order valence-electron chi connectivity index (χ4n) is 3.67. The van der Waals surface area contributed by atoms with Crippen LogP contribution in [0.4, 0.5) is 11.4 Å². The monoisotopic (exact) mass is 361 g/mol. The van der Waals surface area contributed by atoms with Crippen molar-refractivity contribution in [2.24, 2.45) is 11.0 Å². The zero-order chi connectivity index (χ0) is 19.3. The summed E-state index contributed by atoms with van der Waals surface area (Å²) >= 11 is 0. The molecular formula is C21H19N3O3. The summed E-state index contributed by atoms with van der Waals surface area (Å²) in [6, 6.07) is 13.8. The van der Waals surface area contributed by atoms with Crippen LogP contribution in [0.15, 0.2) is 53.6 Å². The van der Waals surface area contributed by atoms with E-state index in [1.165, 1.54) is 16.8 Å². The molecular weight excluding hydrogens is 342 g/mol. The number of anilines is 2. The molecule has 0 bridgehead atoms. The normalized spacial score (nSPS) is 21.5. The highest BCUT2D eigenvalue weighted by atomic mass is 16.2. The number of fused-ring (bicyclic) bond motifs is 1. The highest BCUT2D eigenvalue weighted by Gasteiger charge is 2.58. The maximum absolute atomic E-state index is 13.2. The molecule has 0 saturated carbocycles. The van der Waals surface area contributed by atoms with Crippen LogP contribution in [0, 0.1) is 19.8 Å². The standard InChI is InChI=1S/C21H19N3O3/c1-12-8-10-15(11-9-12)23-20(26)17-18(14(3)25)22-24(19(17)21(23)27)16-7-5-4-6-13(16)2/h4-11,17,19H,1-3H3/t17-,19+/m0/s1. The van der Waals surface area contributed by atoms with Crippen LogP contribution in [0.2, 0.25) is 0 Å². The summed E-state index contributed by atoms with van der Waals surface area (Å²) in [4.78, 5) is 39.7. The first-order valence-corrected chi connectivity index (χ1v) is 8.79.